The zero-order valence-electron chi connectivity index (χ0n) is 18.8. The summed E-state index contributed by atoms with van der Waals surface area (Å²) in [5.74, 6) is -0.885. The molecule has 0 aliphatic heterocycles. The fraction of sp³-hybridized carbons (Fsp3) is 0.280. The smallest absolute Gasteiger partial charge is 0.257 e. The molecule has 5 rings (SSSR count). The number of anilines is 1. The molecule has 35 heavy (non-hydrogen) atoms. The molecule has 0 bridgehead atoms. The van der Waals surface area contributed by atoms with Gasteiger partial charge in [0.2, 0.25) is 5.91 Å². The molecule has 1 aromatic carbocycles. The Morgan fingerprint density at radius 3 is 2.77 bits per heavy atom. The maximum atomic E-state index is 15.0. The third kappa shape index (κ3) is 4.36. The predicted molar refractivity (Wildman–Crippen MR) is 127 cm³/mol. The molecule has 6 nitrogen and oxygen atoms in total. The zero-order chi connectivity index (χ0) is 24.9. The van der Waals surface area contributed by atoms with Crippen LogP contribution in [0.3, 0.4) is 0 Å². The number of hydrogen-bond donors (Lipinski definition) is 1. The Balaban J connectivity index is 1.39. The molecule has 0 radical (unpaired) electrons. The Hall–Kier alpha value is -3.46. The summed E-state index contributed by atoms with van der Waals surface area (Å²) in [7, 11) is 0. The molecule has 1 N–H and O–H groups in total. The van der Waals surface area contributed by atoms with Crippen LogP contribution < -0.4 is 5.32 Å². The van der Waals surface area contributed by atoms with Crippen molar-refractivity contribution in [2.24, 2.45) is 11.8 Å². The number of carbonyl (C=O) groups is 1. The van der Waals surface area contributed by atoms with E-state index in [-0.39, 0.29) is 28.7 Å². The third-order valence-corrected chi connectivity index (χ3v) is 6.90. The minimum absolute atomic E-state index is 0.0309. The zero-order valence-corrected chi connectivity index (χ0v) is 19.6. The van der Waals surface area contributed by atoms with Crippen molar-refractivity contribution >= 4 is 34.1 Å². The molecule has 0 saturated heterocycles. The van der Waals surface area contributed by atoms with Gasteiger partial charge in [-0.2, -0.15) is 5.10 Å². The van der Waals surface area contributed by atoms with Crippen LogP contribution >= 0.6 is 11.6 Å². The highest BCUT2D eigenvalue weighted by Crippen LogP contribution is 2.54. The van der Waals surface area contributed by atoms with Crippen LogP contribution in [0.1, 0.15) is 24.0 Å². The minimum Gasteiger partial charge on any atom is -0.310 e. The van der Waals surface area contributed by atoms with Crippen LogP contribution in [0.5, 0.6) is 0 Å². The minimum atomic E-state index is -2.50. The summed E-state index contributed by atoms with van der Waals surface area (Å²) in [6.45, 7) is 3.30. The molecule has 4 aromatic rings. The van der Waals surface area contributed by atoms with Gasteiger partial charge in [-0.1, -0.05) is 18.5 Å². The van der Waals surface area contributed by atoms with Gasteiger partial charge in [-0.25, -0.2) is 18.2 Å². The number of halogens is 4. The lowest BCUT2D eigenvalue weighted by Crippen LogP contribution is -2.16. The van der Waals surface area contributed by atoms with Crippen LogP contribution in [0.25, 0.3) is 21.9 Å². The van der Waals surface area contributed by atoms with Crippen molar-refractivity contribution in [1.29, 1.82) is 0 Å². The van der Waals surface area contributed by atoms with E-state index in [4.69, 9.17) is 11.6 Å². The lowest BCUT2D eigenvalue weighted by Gasteiger charge is -2.12. The first-order chi connectivity index (χ1) is 16.7. The molecule has 1 aliphatic rings. The normalized spacial score (nSPS) is 19.3. The highest BCUT2D eigenvalue weighted by atomic mass is 35.5. The number of nitrogens with zero attached hydrogens (tertiary/aromatic N) is 4. The second-order valence-corrected chi connectivity index (χ2v) is 9.20. The lowest BCUT2D eigenvalue weighted by atomic mass is 9.99. The van der Waals surface area contributed by atoms with Crippen LogP contribution in [0.2, 0.25) is 5.02 Å². The van der Waals surface area contributed by atoms with E-state index in [2.05, 4.69) is 20.4 Å². The van der Waals surface area contributed by atoms with Gasteiger partial charge in [0.1, 0.15) is 18.2 Å². The van der Waals surface area contributed by atoms with Gasteiger partial charge in [0.25, 0.3) is 6.43 Å². The van der Waals surface area contributed by atoms with Crippen molar-refractivity contribution in [3.8, 4) is 11.1 Å². The first-order valence-corrected chi connectivity index (χ1v) is 11.4. The largest absolute Gasteiger partial charge is 0.310 e. The Morgan fingerprint density at radius 1 is 1.23 bits per heavy atom. The van der Waals surface area contributed by atoms with Gasteiger partial charge < -0.3 is 5.32 Å². The molecule has 3 atom stereocenters. The van der Waals surface area contributed by atoms with E-state index in [0.29, 0.717) is 27.7 Å². The molecule has 1 fully saturated rings. The summed E-state index contributed by atoms with van der Waals surface area (Å²) in [5, 5.41) is 7.78. The number of amides is 1. The number of rotatable bonds is 6. The first kappa shape index (κ1) is 23.3. The maximum absolute atomic E-state index is 15.0. The maximum Gasteiger partial charge on any atom is 0.257 e. The first-order valence-electron chi connectivity index (χ1n) is 11.0. The molecule has 1 saturated carbocycles. The molecule has 10 heteroatoms. The fourth-order valence-electron chi connectivity index (χ4n) is 4.62. The van der Waals surface area contributed by atoms with E-state index in [9.17, 15) is 13.6 Å². The molecule has 0 spiro atoms. The number of fused-ring (bicyclic) bond motifs is 1. The van der Waals surface area contributed by atoms with Gasteiger partial charge in [-0.05, 0) is 47.6 Å². The van der Waals surface area contributed by atoms with Crippen molar-refractivity contribution in [2.75, 3.05) is 5.32 Å². The molecular weight excluding hydrogens is 479 g/mol. The summed E-state index contributed by atoms with van der Waals surface area (Å²) < 4.78 is 41.4. The second-order valence-electron chi connectivity index (χ2n) is 8.82. The summed E-state index contributed by atoms with van der Waals surface area (Å²) in [5.41, 5.74) is 2.54. The quantitative estimate of drug-likeness (QED) is 0.361. The predicted octanol–water partition coefficient (Wildman–Crippen LogP) is 5.85. The van der Waals surface area contributed by atoms with Crippen LogP contribution in [0, 0.1) is 24.6 Å². The fourth-order valence-corrected chi connectivity index (χ4v) is 4.88. The number of aromatic nitrogens is 4. The number of hydrogen-bond acceptors (Lipinski definition) is 4. The van der Waals surface area contributed by atoms with Crippen molar-refractivity contribution in [3.63, 3.8) is 0 Å². The Kier molecular flexibility index (Phi) is 5.96. The topological polar surface area (TPSA) is 72.7 Å². The van der Waals surface area contributed by atoms with Crippen LogP contribution in [0.15, 0.2) is 49.2 Å². The van der Waals surface area contributed by atoms with Crippen molar-refractivity contribution < 1.29 is 18.0 Å². The molecule has 1 unspecified atom stereocenters. The average molecular weight is 500 g/mol. The molecular formula is C25H21ClF3N5O. The highest BCUT2D eigenvalue weighted by molar-refractivity contribution is 6.36. The number of nitrogens with one attached hydrogen (secondary N) is 1. The molecule has 1 amide bonds. The lowest BCUT2D eigenvalue weighted by molar-refractivity contribution is -0.117. The van der Waals surface area contributed by atoms with Crippen LogP contribution in [-0.2, 0) is 11.3 Å². The number of aryl methyl sites for hydroxylation is 1. The Labute approximate surface area is 204 Å². The molecule has 3 aromatic heterocycles. The van der Waals surface area contributed by atoms with Crippen LogP contribution in [-0.4, -0.2) is 32.1 Å². The van der Waals surface area contributed by atoms with E-state index in [1.165, 1.54) is 17.1 Å². The summed E-state index contributed by atoms with van der Waals surface area (Å²) in [4.78, 5) is 21.3. The van der Waals surface area contributed by atoms with Gasteiger partial charge in [0.05, 0.1) is 11.2 Å². The standard InChI is InChI=1S/C25H21ClF3N5O/c1-12-3-4-30-8-17(12)16-5-14-6-20(31-9-18(14)23(26)24(16)29)33-25(35)22-13(2)21(22)15-7-32-34(10-15)11-19(27)28/h3-10,13,19,21-22H,11H2,1-2H3,(H,31,33,35)/t13?,21-,22+/m1/s1. The molecule has 3 heterocycles. The van der Waals surface area contributed by atoms with Crippen molar-refractivity contribution in [1.82, 2.24) is 19.7 Å². The van der Waals surface area contributed by atoms with E-state index < -0.39 is 18.8 Å². The van der Waals surface area contributed by atoms with Gasteiger partial charge in [0, 0.05) is 53.1 Å². The number of carbonyl (C=O) groups excluding carboxylic acids is 1. The summed E-state index contributed by atoms with van der Waals surface area (Å²) in [6, 6.07) is 5.10. The van der Waals surface area contributed by atoms with Gasteiger partial charge in [-0.3, -0.25) is 14.5 Å². The van der Waals surface area contributed by atoms with Gasteiger partial charge in [0.15, 0.2) is 0 Å². The molecule has 1 aliphatic carbocycles. The van der Waals surface area contributed by atoms with Crippen molar-refractivity contribution in [3.05, 3.63) is 71.2 Å². The van der Waals surface area contributed by atoms with E-state index >= 15 is 4.39 Å². The van der Waals surface area contributed by atoms with E-state index in [0.717, 1.165) is 11.1 Å². The summed E-state index contributed by atoms with van der Waals surface area (Å²) >= 11 is 6.31. The Morgan fingerprint density at radius 2 is 2.03 bits per heavy atom. The number of pyridine rings is 2. The van der Waals surface area contributed by atoms with Gasteiger partial charge >= 0.3 is 0 Å². The third-order valence-electron chi connectivity index (χ3n) is 6.53. The monoisotopic (exact) mass is 499 g/mol. The van der Waals surface area contributed by atoms with Crippen molar-refractivity contribution in [2.45, 2.75) is 32.7 Å². The average Bonchev–Trinajstić information content (AvgIpc) is 3.28. The molecule has 180 valence electrons. The van der Waals surface area contributed by atoms with Gasteiger partial charge in [-0.15, -0.1) is 0 Å². The summed E-state index contributed by atoms with van der Waals surface area (Å²) in [6.07, 6.45) is 5.24. The Bertz CT molecular complexity index is 1440. The second kappa shape index (κ2) is 8.96. The van der Waals surface area contributed by atoms with Crippen LogP contribution in [0.4, 0.5) is 19.0 Å². The van der Waals surface area contributed by atoms with E-state index in [1.54, 1.807) is 36.8 Å². The number of alkyl halides is 2. The number of benzene rings is 1. The van der Waals surface area contributed by atoms with E-state index in [1.807, 2.05) is 13.8 Å². The SMILES string of the molecule is Cc1ccncc1-c1cc2cc(NC(=O)[C@H]3C(C)[C@@H]3c3cnn(CC(F)F)c3)ncc2c(Cl)c1F. The highest BCUT2D eigenvalue weighted by Gasteiger charge is 2.53.